The van der Waals surface area contributed by atoms with Crippen LogP contribution in [0.5, 0.6) is 0 Å². The molecule has 2 atom stereocenters. The molecule has 1 aromatic heterocycles. The second-order valence-corrected chi connectivity index (χ2v) is 4.70. The van der Waals surface area contributed by atoms with Crippen molar-refractivity contribution in [2.75, 3.05) is 0 Å². The first-order chi connectivity index (χ1) is 7.74. The van der Waals surface area contributed by atoms with Crippen molar-refractivity contribution in [1.29, 1.82) is 0 Å². The summed E-state index contributed by atoms with van der Waals surface area (Å²) < 4.78 is 0. The van der Waals surface area contributed by atoms with Gasteiger partial charge < -0.3 is 0 Å². The van der Waals surface area contributed by atoms with E-state index in [1.807, 2.05) is 19.1 Å². The van der Waals surface area contributed by atoms with Crippen molar-refractivity contribution in [3.63, 3.8) is 0 Å². The number of alkyl halides is 1. The zero-order valence-electron chi connectivity index (χ0n) is 9.52. The van der Waals surface area contributed by atoms with Gasteiger partial charge >= 0.3 is 0 Å². The molecule has 1 heterocycles. The zero-order valence-corrected chi connectivity index (χ0v) is 10.3. The molecule has 2 unspecified atom stereocenters. The van der Waals surface area contributed by atoms with Crippen molar-refractivity contribution in [3.8, 4) is 0 Å². The largest absolute Gasteiger partial charge is 0.158 e. The van der Waals surface area contributed by atoms with Crippen molar-refractivity contribution < 1.29 is 0 Å². The van der Waals surface area contributed by atoms with Crippen molar-refractivity contribution >= 4 is 22.4 Å². The summed E-state index contributed by atoms with van der Waals surface area (Å²) in [6.07, 6.45) is 2.78. The standard InChI is InChI=1S/C13H15ClN2/c1-3-11(9(2)14)13-12-7-5-4-6-10(12)8-15-16-13/h4-9,11H,3H2,1-2H3. The maximum atomic E-state index is 6.21. The lowest BCUT2D eigenvalue weighted by Gasteiger charge is -2.17. The quantitative estimate of drug-likeness (QED) is 0.756. The Labute approximate surface area is 101 Å². The van der Waals surface area contributed by atoms with Crippen LogP contribution in [-0.2, 0) is 0 Å². The minimum atomic E-state index is 0.0742. The molecule has 0 aliphatic rings. The van der Waals surface area contributed by atoms with Gasteiger partial charge in [-0.2, -0.15) is 10.2 Å². The van der Waals surface area contributed by atoms with E-state index >= 15 is 0 Å². The topological polar surface area (TPSA) is 25.8 Å². The monoisotopic (exact) mass is 234 g/mol. The van der Waals surface area contributed by atoms with E-state index in [1.165, 1.54) is 0 Å². The molecule has 16 heavy (non-hydrogen) atoms. The van der Waals surface area contributed by atoms with Gasteiger partial charge in [0.15, 0.2) is 0 Å². The van der Waals surface area contributed by atoms with E-state index < -0.39 is 0 Å². The number of hydrogen-bond acceptors (Lipinski definition) is 2. The molecular weight excluding hydrogens is 220 g/mol. The summed E-state index contributed by atoms with van der Waals surface area (Å²) in [5, 5.41) is 10.7. The van der Waals surface area contributed by atoms with Crippen LogP contribution < -0.4 is 0 Å². The number of halogens is 1. The Balaban J connectivity index is 2.59. The Bertz CT molecular complexity index is 477. The Morgan fingerprint density at radius 2 is 2.06 bits per heavy atom. The lowest BCUT2D eigenvalue weighted by atomic mass is 9.95. The van der Waals surface area contributed by atoms with Crippen LogP contribution in [0.2, 0.25) is 0 Å². The zero-order chi connectivity index (χ0) is 11.5. The van der Waals surface area contributed by atoms with Crippen molar-refractivity contribution in [3.05, 3.63) is 36.2 Å². The SMILES string of the molecule is CCC(c1nncc2ccccc12)C(C)Cl. The number of hydrogen-bond donors (Lipinski definition) is 0. The van der Waals surface area contributed by atoms with Crippen LogP contribution in [0.4, 0.5) is 0 Å². The lowest BCUT2D eigenvalue weighted by molar-refractivity contribution is 0.626. The molecule has 3 heteroatoms. The highest BCUT2D eigenvalue weighted by Gasteiger charge is 2.19. The first-order valence-corrected chi connectivity index (χ1v) is 6.02. The maximum Gasteiger partial charge on any atom is 0.0754 e. The third-order valence-corrected chi connectivity index (χ3v) is 3.25. The molecule has 0 saturated carbocycles. The summed E-state index contributed by atoms with van der Waals surface area (Å²) in [7, 11) is 0. The molecule has 1 aromatic carbocycles. The third-order valence-electron chi connectivity index (χ3n) is 2.94. The second-order valence-electron chi connectivity index (χ2n) is 4.01. The van der Waals surface area contributed by atoms with Gasteiger partial charge in [-0.1, -0.05) is 31.2 Å². The summed E-state index contributed by atoms with van der Waals surface area (Å²) in [6.45, 7) is 4.15. The molecule has 0 fully saturated rings. The molecule has 0 saturated heterocycles. The molecule has 84 valence electrons. The van der Waals surface area contributed by atoms with Crippen LogP contribution in [0, 0.1) is 0 Å². The van der Waals surface area contributed by atoms with Gasteiger partial charge in [0.1, 0.15) is 0 Å². The summed E-state index contributed by atoms with van der Waals surface area (Å²) >= 11 is 6.21. The predicted octanol–water partition coefficient (Wildman–Crippen LogP) is 3.75. The lowest BCUT2D eigenvalue weighted by Crippen LogP contribution is -2.11. The first kappa shape index (κ1) is 11.3. The highest BCUT2D eigenvalue weighted by molar-refractivity contribution is 6.21. The van der Waals surface area contributed by atoms with E-state index in [0.29, 0.717) is 0 Å². The van der Waals surface area contributed by atoms with Crippen molar-refractivity contribution in [2.45, 2.75) is 31.6 Å². The Morgan fingerprint density at radius 3 is 2.75 bits per heavy atom. The van der Waals surface area contributed by atoms with Crippen LogP contribution in [0.25, 0.3) is 10.8 Å². The average molecular weight is 235 g/mol. The summed E-state index contributed by atoms with van der Waals surface area (Å²) in [4.78, 5) is 0. The van der Waals surface area contributed by atoms with Gasteiger partial charge in [0.2, 0.25) is 0 Å². The minimum Gasteiger partial charge on any atom is -0.158 e. The fourth-order valence-electron chi connectivity index (χ4n) is 2.06. The first-order valence-electron chi connectivity index (χ1n) is 5.58. The molecule has 0 bridgehead atoms. The second kappa shape index (κ2) is 4.79. The normalized spacial score (nSPS) is 14.9. The van der Waals surface area contributed by atoms with E-state index in [4.69, 9.17) is 11.6 Å². The van der Waals surface area contributed by atoms with Crippen molar-refractivity contribution in [2.24, 2.45) is 0 Å². The van der Waals surface area contributed by atoms with Crippen LogP contribution in [0.15, 0.2) is 30.5 Å². The number of fused-ring (bicyclic) bond motifs is 1. The molecule has 0 aliphatic carbocycles. The molecule has 2 nitrogen and oxygen atoms in total. The number of benzene rings is 1. The number of nitrogens with zero attached hydrogens (tertiary/aromatic N) is 2. The van der Waals surface area contributed by atoms with Gasteiger partial charge in [-0.15, -0.1) is 11.6 Å². The molecule has 0 spiro atoms. The molecule has 0 amide bonds. The van der Waals surface area contributed by atoms with Gasteiger partial charge in [-0.05, 0) is 13.3 Å². The van der Waals surface area contributed by atoms with Gasteiger partial charge in [0.25, 0.3) is 0 Å². The van der Waals surface area contributed by atoms with Crippen molar-refractivity contribution in [1.82, 2.24) is 10.2 Å². The average Bonchev–Trinajstić information content (AvgIpc) is 2.30. The maximum absolute atomic E-state index is 6.21. The molecule has 0 N–H and O–H groups in total. The summed E-state index contributed by atoms with van der Waals surface area (Å²) in [5.41, 5.74) is 1.02. The number of rotatable bonds is 3. The van der Waals surface area contributed by atoms with Gasteiger partial charge in [-0.3, -0.25) is 0 Å². The van der Waals surface area contributed by atoms with Gasteiger partial charge in [-0.25, -0.2) is 0 Å². The Kier molecular flexibility index (Phi) is 3.39. The molecule has 0 aliphatic heterocycles. The highest BCUT2D eigenvalue weighted by atomic mass is 35.5. The summed E-state index contributed by atoms with van der Waals surface area (Å²) in [5.74, 6) is 0.264. The molecular formula is C13H15ClN2. The van der Waals surface area contributed by atoms with Gasteiger partial charge in [0.05, 0.1) is 11.9 Å². The van der Waals surface area contributed by atoms with Crippen LogP contribution in [-0.4, -0.2) is 15.6 Å². The number of aromatic nitrogens is 2. The van der Waals surface area contributed by atoms with E-state index in [-0.39, 0.29) is 11.3 Å². The predicted molar refractivity (Wildman–Crippen MR) is 67.9 cm³/mol. The van der Waals surface area contributed by atoms with E-state index in [2.05, 4.69) is 29.3 Å². The van der Waals surface area contributed by atoms with Crippen LogP contribution in [0.3, 0.4) is 0 Å². The summed E-state index contributed by atoms with van der Waals surface area (Å²) in [6, 6.07) is 8.18. The highest BCUT2D eigenvalue weighted by Crippen LogP contribution is 2.29. The minimum absolute atomic E-state index is 0.0742. The molecule has 2 rings (SSSR count). The Hall–Kier alpha value is -1.15. The molecule has 2 aromatic rings. The van der Waals surface area contributed by atoms with Gasteiger partial charge in [0, 0.05) is 22.1 Å². The van der Waals surface area contributed by atoms with E-state index in [9.17, 15) is 0 Å². The smallest absolute Gasteiger partial charge is 0.0754 e. The van der Waals surface area contributed by atoms with E-state index in [0.717, 1.165) is 22.9 Å². The Morgan fingerprint density at radius 1 is 1.31 bits per heavy atom. The van der Waals surface area contributed by atoms with E-state index in [1.54, 1.807) is 6.20 Å². The fourth-order valence-corrected chi connectivity index (χ4v) is 2.36. The molecule has 0 radical (unpaired) electrons. The third kappa shape index (κ3) is 2.03. The fraction of sp³-hybridized carbons (Fsp3) is 0.385. The van der Waals surface area contributed by atoms with Crippen LogP contribution >= 0.6 is 11.6 Å². The van der Waals surface area contributed by atoms with Crippen LogP contribution in [0.1, 0.15) is 31.9 Å².